The van der Waals surface area contributed by atoms with Crippen LogP contribution in [-0.4, -0.2) is 48.1 Å². The molecule has 1 aliphatic heterocycles. The molecule has 0 N–H and O–H groups in total. The first-order valence-corrected chi connectivity index (χ1v) is 7.71. The van der Waals surface area contributed by atoms with Gasteiger partial charge in [0.25, 0.3) is 5.91 Å². The van der Waals surface area contributed by atoms with Crippen molar-refractivity contribution in [1.82, 2.24) is 4.90 Å². The third-order valence-electron chi connectivity index (χ3n) is 3.18. The van der Waals surface area contributed by atoms with Gasteiger partial charge in [-0.2, -0.15) is 0 Å². The Bertz CT molecular complexity index is 490. The van der Waals surface area contributed by atoms with Gasteiger partial charge in [-0.15, -0.1) is 11.6 Å². The minimum atomic E-state index is -0.395. The lowest BCUT2D eigenvalue weighted by Crippen LogP contribution is -2.56. The number of carbonyl (C=O) groups excluding carboxylic acids is 1. The van der Waals surface area contributed by atoms with Crippen molar-refractivity contribution in [2.24, 2.45) is 0 Å². The highest BCUT2D eigenvalue weighted by Crippen LogP contribution is 2.22. The Balaban J connectivity index is 1.91. The summed E-state index contributed by atoms with van der Waals surface area (Å²) in [5, 5.41) is 0.633. The monoisotopic (exact) mass is 331 g/mol. The van der Waals surface area contributed by atoms with Crippen LogP contribution in [0.4, 0.5) is 0 Å². The number of nitrogens with zero attached hydrogens (tertiary/aromatic N) is 1. The Morgan fingerprint density at radius 1 is 1.43 bits per heavy atom. The lowest BCUT2D eigenvalue weighted by Gasteiger charge is -2.42. The Labute approximate surface area is 134 Å². The molecule has 0 bridgehead atoms. The van der Waals surface area contributed by atoms with Crippen molar-refractivity contribution in [3.63, 3.8) is 0 Å². The van der Waals surface area contributed by atoms with E-state index in [1.165, 1.54) is 0 Å². The number of morpholine rings is 1. The molecule has 1 aromatic carbocycles. The zero-order valence-corrected chi connectivity index (χ0v) is 13.7. The lowest BCUT2D eigenvalue weighted by atomic mass is 10.1. The number of ether oxygens (including phenoxy) is 2. The van der Waals surface area contributed by atoms with E-state index in [-0.39, 0.29) is 18.6 Å². The summed E-state index contributed by atoms with van der Waals surface area (Å²) in [6, 6.07) is 6.92. The molecule has 116 valence electrons. The second-order valence-electron chi connectivity index (χ2n) is 5.67. The molecule has 0 saturated carbocycles. The quantitative estimate of drug-likeness (QED) is 0.796. The smallest absolute Gasteiger partial charge is 0.260 e. The molecule has 1 aromatic rings. The van der Waals surface area contributed by atoms with E-state index in [9.17, 15) is 4.79 Å². The average molecular weight is 332 g/mol. The lowest BCUT2D eigenvalue weighted by molar-refractivity contribution is -0.159. The molecule has 4 nitrogen and oxygen atoms in total. The number of benzene rings is 1. The number of amides is 1. The van der Waals surface area contributed by atoms with E-state index in [1.807, 2.05) is 13.8 Å². The van der Waals surface area contributed by atoms with Crippen molar-refractivity contribution in [2.45, 2.75) is 25.6 Å². The highest BCUT2D eigenvalue weighted by Gasteiger charge is 2.35. The van der Waals surface area contributed by atoms with Gasteiger partial charge in [0.05, 0.1) is 17.6 Å². The molecule has 1 unspecified atom stereocenters. The molecule has 1 heterocycles. The fourth-order valence-electron chi connectivity index (χ4n) is 2.33. The van der Waals surface area contributed by atoms with E-state index in [0.717, 1.165) is 0 Å². The maximum absolute atomic E-state index is 12.3. The van der Waals surface area contributed by atoms with Gasteiger partial charge in [-0.05, 0) is 38.1 Å². The molecule has 6 heteroatoms. The standard InChI is InChI=1S/C15H19Cl2NO3/c1-15(2)10-18(8-13(7-16)21-15)14(19)9-20-12-5-3-11(17)4-6-12/h3-6,13H,7-10H2,1-2H3. The molecule has 21 heavy (non-hydrogen) atoms. The van der Waals surface area contributed by atoms with Gasteiger partial charge < -0.3 is 14.4 Å². The van der Waals surface area contributed by atoms with Gasteiger partial charge >= 0.3 is 0 Å². The van der Waals surface area contributed by atoms with Crippen molar-refractivity contribution in [1.29, 1.82) is 0 Å². The molecule has 1 aliphatic rings. The fourth-order valence-corrected chi connectivity index (χ4v) is 2.62. The van der Waals surface area contributed by atoms with Crippen molar-refractivity contribution >= 4 is 29.1 Å². The van der Waals surface area contributed by atoms with E-state index in [1.54, 1.807) is 29.2 Å². The topological polar surface area (TPSA) is 38.8 Å². The van der Waals surface area contributed by atoms with Gasteiger partial charge in [0.15, 0.2) is 6.61 Å². The highest BCUT2D eigenvalue weighted by molar-refractivity contribution is 6.30. The van der Waals surface area contributed by atoms with E-state index in [2.05, 4.69) is 0 Å². The molecule has 0 radical (unpaired) electrons. The first-order valence-electron chi connectivity index (χ1n) is 6.79. The van der Waals surface area contributed by atoms with Gasteiger partial charge in [0.1, 0.15) is 5.75 Å². The first kappa shape index (κ1) is 16.4. The number of halogens is 2. The Morgan fingerprint density at radius 2 is 2.10 bits per heavy atom. The Hall–Kier alpha value is -0.970. The second kappa shape index (κ2) is 6.86. The number of alkyl halides is 1. The van der Waals surface area contributed by atoms with E-state index < -0.39 is 5.60 Å². The van der Waals surface area contributed by atoms with E-state index >= 15 is 0 Å². The predicted molar refractivity (Wildman–Crippen MR) is 83.2 cm³/mol. The molecule has 1 fully saturated rings. The summed E-state index contributed by atoms with van der Waals surface area (Å²) in [6.07, 6.45) is -0.144. The zero-order valence-electron chi connectivity index (χ0n) is 12.1. The van der Waals surface area contributed by atoms with Crippen molar-refractivity contribution in [2.75, 3.05) is 25.6 Å². The summed E-state index contributed by atoms with van der Waals surface area (Å²) in [6.45, 7) is 4.92. The van der Waals surface area contributed by atoms with Crippen molar-refractivity contribution in [3.8, 4) is 5.75 Å². The molecule has 1 saturated heterocycles. The largest absolute Gasteiger partial charge is 0.484 e. The van der Waals surface area contributed by atoms with Crippen LogP contribution in [0.15, 0.2) is 24.3 Å². The second-order valence-corrected chi connectivity index (χ2v) is 6.42. The van der Waals surface area contributed by atoms with Crippen LogP contribution in [0, 0.1) is 0 Å². The van der Waals surface area contributed by atoms with Crippen LogP contribution in [0.25, 0.3) is 0 Å². The van der Waals surface area contributed by atoms with Crippen molar-refractivity contribution < 1.29 is 14.3 Å². The summed E-state index contributed by atoms with van der Waals surface area (Å²) in [5.74, 6) is 0.913. The maximum atomic E-state index is 12.3. The van der Waals surface area contributed by atoms with Crippen LogP contribution < -0.4 is 4.74 Å². The van der Waals surface area contributed by atoms with Gasteiger partial charge in [0, 0.05) is 18.1 Å². The van der Waals surface area contributed by atoms with Gasteiger partial charge in [0.2, 0.25) is 0 Å². The number of hydrogen-bond donors (Lipinski definition) is 0. The van der Waals surface area contributed by atoms with Crippen LogP contribution in [0.5, 0.6) is 5.75 Å². The third kappa shape index (κ3) is 4.77. The molecule has 0 aromatic heterocycles. The summed E-state index contributed by atoms with van der Waals surface area (Å²) < 4.78 is 11.3. The number of carbonyl (C=O) groups is 1. The highest BCUT2D eigenvalue weighted by atomic mass is 35.5. The maximum Gasteiger partial charge on any atom is 0.260 e. The molecule has 1 amide bonds. The van der Waals surface area contributed by atoms with Crippen LogP contribution in [0.3, 0.4) is 0 Å². The van der Waals surface area contributed by atoms with Crippen LogP contribution >= 0.6 is 23.2 Å². The van der Waals surface area contributed by atoms with Crippen LogP contribution in [0.1, 0.15) is 13.8 Å². The molecule has 0 aliphatic carbocycles. The predicted octanol–water partition coefficient (Wildman–Crippen LogP) is 2.96. The number of hydrogen-bond acceptors (Lipinski definition) is 3. The molecular formula is C15H19Cl2NO3. The SMILES string of the molecule is CC1(C)CN(C(=O)COc2ccc(Cl)cc2)CC(CCl)O1. The summed E-state index contributed by atoms with van der Waals surface area (Å²) >= 11 is 11.7. The minimum Gasteiger partial charge on any atom is -0.484 e. The Morgan fingerprint density at radius 3 is 2.71 bits per heavy atom. The molecule has 2 rings (SSSR count). The van der Waals surface area contributed by atoms with E-state index in [4.69, 9.17) is 32.7 Å². The van der Waals surface area contributed by atoms with Gasteiger partial charge in [-0.25, -0.2) is 0 Å². The third-order valence-corrected chi connectivity index (χ3v) is 3.78. The Kier molecular flexibility index (Phi) is 5.36. The van der Waals surface area contributed by atoms with Gasteiger partial charge in [-0.3, -0.25) is 4.79 Å². The zero-order chi connectivity index (χ0) is 15.5. The van der Waals surface area contributed by atoms with Crippen LogP contribution in [-0.2, 0) is 9.53 Å². The summed E-state index contributed by atoms with van der Waals surface area (Å²) in [4.78, 5) is 14.0. The van der Waals surface area contributed by atoms with Crippen molar-refractivity contribution in [3.05, 3.63) is 29.3 Å². The minimum absolute atomic E-state index is 0.00722. The van der Waals surface area contributed by atoms with Crippen LogP contribution in [0.2, 0.25) is 5.02 Å². The summed E-state index contributed by atoms with van der Waals surface area (Å²) in [7, 11) is 0. The average Bonchev–Trinajstić information content (AvgIpc) is 2.44. The first-order chi connectivity index (χ1) is 9.89. The summed E-state index contributed by atoms with van der Waals surface area (Å²) in [5.41, 5.74) is -0.395. The fraction of sp³-hybridized carbons (Fsp3) is 0.533. The molecule has 0 spiro atoms. The molecular weight excluding hydrogens is 313 g/mol. The van der Waals surface area contributed by atoms with Gasteiger partial charge in [-0.1, -0.05) is 11.6 Å². The normalized spacial score (nSPS) is 21.1. The molecule has 1 atom stereocenters. The van der Waals surface area contributed by atoms with E-state index in [0.29, 0.717) is 29.7 Å². The number of rotatable bonds is 4.